The first-order valence-corrected chi connectivity index (χ1v) is 19.2. The summed E-state index contributed by atoms with van der Waals surface area (Å²) in [7, 11) is 0. The van der Waals surface area contributed by atoms with Crippen molar-refractivity contribution in [1.82, 2.24) is 25.6 Å². The van der Waals surface area contributed by atoms with Gasteiger partial charge in [0.15, 0.2) is 0 Å². The average molecular weight is 736 g/mol. The molecule has 1 saturated carbocycles. The van der Waals surface area contributed by atoms with Crippen molar-refractivity contribution in [3.63, 3.8) is 0 Å². The lowest BCUT2D eigenvalue weighted by Gasteiger charge is -2.27. The zero-order chi connectivity index (χ0) is 37.6. The Morgan fingerprint density at radius 1 is 0.821 bits per heavy atom. The number of benzene rings is 6. The number of hydrogen-bond donors (Lipinski definition) is 5. The first-order valence-electron chi connectivity index (χ1n) is 19.2. The van der Waals surface area contributed by atoms with E-state index in [-0.39, 0.29) is 24.3 Å². The van der Waals surface area contributed by atoms with Crippen LogP contribution in [0.25, 0.3) is 44.1 Å². The Kier molecular flexibility index (Phi) is 8.59. The highest BCUT2D eigenvalue weighted by Crippen LogP contribution is 2.53. The SMILES string of the molecule is O=C(N[C@H](Cc1c[nH]c2ccccc12)c1ncc(-c2ccccc2)[nH]1)C1(NC(O)OCC2c3ccccc3-c3ccccc32)C[C@@H]1c1ccc2ccccc2c1. The molecule has 0 saturated heterocycles. The van der Waals surface area contributed by atoms with Crippen LogP contribution in [0.4, 0.5) is 0 Å². The number of aromatic amines is 2. The van der Waals surface area contributed by atoms with Gasteiger partial charge in [0, 0.05) is 35.4 Å². The third-order valence-electron chi connectivity index (χ3n) is 11.7. The summed E-state index contributed by atoms with van der Waals surface area (Å²) in [4.78, 5) is 26.7. The zero-order valence-corrected chi connectivity index (χ0v) is 30.7. The van der Waals surface area contributed by atoms with E-state index in [9.17, 15) is 9.90 Å². The number of imidazole rings is 1. The van der Waals surface area contributed by atoms with Crippen molar-refractivity contribution in [2.45, 2.75) is 42.7 Å². The van der Waals surface area contributed by atoms with Crippen LogP contribution in [0.2, 0.25) is 0 Å². The molecule has 10 rings (SSSR count). The van der Waals surface area contributed by atoms with E-state index in [0.29, 0.717) is 18.7 Å². The van der Waals surface area contributed by atoms with Gasteiger partial charge in [-0.3, -0.25) is 10.1 Å². The highest BCUT2D eigenvalue weighted by Gasteiger charge is 2.62. The van der Waals surface area contributed by atoms with Crippen LogP contribution in [0.5, 0.6) is 0 Å². The first-order chi connectivity index (χ1) is 27.5. The number of aliphatic hydroxyl groups is 1. The molecule has 2 aliphatic carbocycles. The van der Waals surface area contributed by atoms with Gasteiger partial charge in [-0.2, -0.15) is 0 Å². The summed E-state index contributed by atoms with van der Waals surface area (Å²) >= 11 is 0. The van der Waals surface area contributed by atoms with E-state index in [2.05, 4.69) is 93.4 Å². The van der Waals surface area contributed by atoms with E-state index in [1.807, 2.05) is 85.2 Å². The van der Waals surface area contributed by atoms with E-state index in [0.717, 1.165) is 44.1 Å². The lowest BCUT2D eigenvalue weighted by molar-refractivity contribution is -0.144. The van der Waals surface area contributed by atoms with E-state index < -0.39 is 18.0 Å². The van der Waals surface area contributed by atoms with Crippen LogP contribution in [0.3, 0.4) is 0 Å². The number of H-pyrrole nitrogens is 2. The van der Waals surface area contributed by atoms with Crippen LogP contribution in [-0.4, -0.2) is 44.5 Å². The fourth-order valence-electron chi connectivity index (χ4n) is 8.76. The third-order valence-corrected chi connectivity index (χ3v) is 11.7. The van der Waals surface area contributed by atoms with Gasteiger partial charge in [0.1, 0.15) is 11.4 Å². The lowest BCUT2D eigenvalue weighted by atomic mass is 9.98. The average Bonchev–Trinajstić information content (AvgIpc) is 3.52. The molecule has 2 aromatic heterocycles. The molecule has 2 heterocycles. The Hall–Kier alpha value is -6.32. The Balaban J connectivity index is 0.962. The van der Waals surface area contributed by atoms with E-state index >= 15 is 0 Å². The maximum atomic E-state index is 15.0. The van der Waals surface area contributed by atoms with Crippen molar-refractivity contribution in [3.05, 3.63) is 186 Å². The molecule has 2 aliphatic rings. The largest absolute Gasteiger partial charge is 0.361 e. The van der Waals surface area contributed by atoms with Crippen molar-refractivity contribution in [3.8, 4) is 22.4 Å². The van der Waals surface area contributed by atoms with Crippen molar-refractivity contribution in [2.24, 2.45) is 0 Å². The number of nitrogens with one attached hydrogen (secondary N) is 4. The van der Waals surface area contributed by atoms with Crippen LogP contribution in [0, 0.1) is 0 Å². The highest BCUT2D eigenvalue weighted by molar-refractivity contribution is 5.93. The van der Waals surface area contributed by atoms with E-state index in [1.54, 1.807) is 0 Å². The highest BCUT2D eigenvalue weighted by atomic mass is 16.6. The molecular weight excluding hydrogens is 695 g/mol. The van der Waals surface area contributed by atoms with E-state index in [4.69, 9.17) is 9.72 Å². The van der Waals surface area contributed by atoms with Gasteiger partial charge >= 0.3 is 0 Å². The number of aliphatic hydroxyl groups excluding tert-OH is 1. The van der Waals surface area contributed by atoms with Crippen molar-refractivity contribution in [1.29, 1.82) is 0 Å². The molecule has 4 atom stereocenters. The Morgan fingerprint density at radius 3 is 2.32 bits per heavy atom. The molecule has 2 unspecified atom stereocenters. The van der Waals surface area contributed by atoms with Gasteiger partial charge in [-0.25, -0.2) is 4.98 Å². The zero-order valence-electron chi connectivity index (χ0n) is 30.7. The van der Waals surface area contributed by atoms with Crippen LogP contribution < -0.4 is 10.6 Å². The quantitative estimate of drug-likeness (QED) is 0.0806. The van der Waals surface area contributed by atoms with Crippen molar-refractivity contribution < 1.29 is 14.6 Å². The van der Waals surface area contributed by atoms with Crippen LogP contribution in [0.1, 0.15) is 52.4 Å². The maximum absolute atomic E-state index is 15.0. The number of hydrogen-bond acceptors (Lipinski definition) is 5. The maximum Gasteiger partial charge on any atom is 0.241 e. The van der Waals surface area contributed by atoms with Gasteiger partial charge in [-0.05, 0) is 62.2 Å². The van der Waals surface area contributed by atoms with Gasteiger partial charge in [0.2, 0.25) is 12.3 Å². The molecule has 8 heteroatoms. The smallest absolute Gasteiger partial charge is 0.241 e. The Bertz CT molecular complexity index is 2660. The minimum absolute atomic E-state index is 0.0440. The van der Waals surface area contributed by atoms with Crippen LogP contribution >= 0.6 is 0 Å². The summed E-state index contributed by atoms with van der Waals surface area (Å²) < 4.78 is 6.24. The second-order valence-corrected chi connectivity index (χ2v) is 15.0. The summed E-state index contributed by atoms with van der Waals surface area (Å²) in [6.45, 7) is 0.248. The van der Waals surface area contributed by atoms with Crippen LogP contribution in [0.15, 0.2) is 158 Å². The monoisotopic (exact) mass is 735 g/mol. The van der Waals surface area contributed by atoms with E-state index in [1.165, 1.54) is 22.3 Å². The number of rotatable bonds is 12. The molecular formula is C48H41N5O3. The number of carbonyl (C=O) groups excluding carboxylic acids is 1. The summed E-state index contributed by atoms with van der Waals surface area (Å²) in [6.07, 6.45) is 3.41. The van der Waals surface area contributed by atoms with Gasteiger partial charge in [-0.15, -0.1) is 0 Å². The van der Waals surface area contributed by atoms with Gasteiger partial charge in [-0.1, -0.05) is 140 Å². The summed E-state index contributed by atoms with van der Waals surface area (Å²) in [5, 5.41) is 21.6. The minimum Gasteiger partial charge on any atom is -0.361 e. The number of fused-ring (bicyclic) bond motifs is 5. The molecule has 0 aliphatic heterocycles. The topological polar surface area (TPSA) is 115 Å². The molecule has 8 aromatic rings. The third kappa shape index (κ3) is 6.18. The number of amides is 1. The first kappa shape index (κ1) is 34.2. The number of para-hydroxylation sites is 1. The molecule has 1 fully saturated rings. The number of ether oxygens (including phenoxy) is 1. The van der Waals surface area contributed by atoms with Crippen molar-refractivity contribution >= 4 is 27.6 Å². The lowest BCUT2D eigenvalue weighted by Crippen LogP contribution is -2.53. The summed E-state index contributed by atoms with van der Waals surface area (Å²) in [5.74, 6) is 0.175. The normalized spacial score (nSPS) is 18.4. The van der Waals surface area contributed by atoms with Gasteiger partial charge in [0.25, 0.3) is 0 Å². The van der Waals surface area contributed by atoms with Crippen LogP contribution in [-0.2, 0) is 16.0 Å². The standard InChI is InChI=1S/C48H41N5O3/c54-46(52-43(25-34-27-49-42-21-11-10-16-35(34)42)45-50-28-44(51-45)31-13-2-1-3-14-31)48(26-41(48)33-23-22-30-12-4-5-15-32(30)24-33)53-47(55)56-29-40-38-19-8-6-17-36(38)37-18-7-9-20-39(37)40/h1-24,27-28,40-41,43,47,49,53,55H,25-26,29H2,(H,50,51)(H,52,54)/t41-,43-,47?,48?/m1/s1. The summed E-state index contributed by atoms with van der Waals surface area (Å²) in [5.41, 5.74) is 8.56. The number of aromatic nitrogens is 3. The molecule has 0 bridgehead atoms. The van der Waals surface area contributed by atoms with Gasteiger partial charge < -0.3 is 25.1 Å². The fraction of sp³-hybridized carbons (Fsp3) is 0.167. The Morgan fingerprint density at radius 2 is 1.52 bits per heavy atom. The molecule has 1 amide bonds. The second kappa shape index (κ2) is 14.1. The fourth-order valence-corrected chi connectivity index (χ4v) is 8.76. The Labute approximate surface area is 324 Å². The number of carbonyl (C=O) groups is 1. The molecule has 0 spiro atoms. The molecule has 0 radical (unpaired) electrons. The van der Waals surface area contributed by atoms with Crippen molar-refractivity contribution in [2.75, 3.05) is 6.61 Å². The predicted molar refractivity (Wildman–Crippen MR) is 220 cm³/mol. The molecule has 6 aromatic carbocycles. The molecule has 8 nitrogen and oxygen atoms in total. The molecule has 5 N–H and O–H groups in total. The molecule has 276 valence electrons. The number of nitrogens with zero attached hydrogens (tertiary/aromatic N) is 1. The minimum atomic E-state index is -1.40. The predicted octanol–water partition coefficient (Wildman–Crippen LogP) is 8.73. The second-order valence-electron chi connectivity index (χ2n) is 15.0. The molecule has 56 heavy (non-hydrogen) atoms. The summed E-state index contributed by atoms with van der Waals surface area (Å²) in [6, 6.07) is 49.0. The van der Waals surface area contributed by atoms with Gasteiger partial charge in [0.05, 0.1) is 24.5 Å².